The molecule has 4 atom stereocenters. The van der Waals surface area contributed by atoms with Gasteiger partial charge >= 0.3 is 0 Å². The average Bonchev–Trinajstić information content (AvgIpc) is 3.04. The molecule has 0 bridgehead atoms. The van der Waals surface area contributed by atoms with Crippen LogP contribution >= 0.6 is 0 Å². The third-order valence-electron chi connectivity index (χ3n) is 6.55. The van der Waals surface area contributed by atoms with E-state index in [-0.39, 0.29) is 0 Å². The van der Waals surface area contributed by atoms with Crippen molar-refractivity contribution in [1.29, 1.82) is 0 Å². The lowest BCUT2D eigenvalue weighted by Gasteiger charge is -2.22. The first-order chi connectivity index (χ1) is 9.71. The zero-order valence-electron chi connectivity index (χ0n) is 14.2. The van der Waals surface area contributed by atoms with Gasteiger partial charge in [-0.05, 0) is 48.9 Å². The van der Waals surface area contributed by atoms with Gasteiger partial charge in [0.25, 0.3) is 0 Å². The summed E-state index contributed by atoms with van der Waals surface area (Å²) in [6.07, 6.45) is 20.6. The minimum Gasteiger partial charge on any atom is -0.0885 e. The smallest absolute Gasteiger partial charge is 0.0238 e. The summed E-state index contributed by atoms with van der Waals surface area (Å²) in [5, 5.41) is 0. The highest BCUT2D eigenvalue weighted by Gasteiger charge is 2.60. The van der Waals surface area contributed by atoms with Crippen LogP contribution in [0.4, 0.5) is 0 Å². The molecule has 2 aliphatic rings. The third kappa shape index (κ3) is 3.68. The SMILES string of the molecule is CCC1C2CCC=CCCCCCCCCC(C)C12C. The molecule has 0 N–H and O–H groups in total. The molecular formula is C20H36. The molecule has 20 heavy (non-hydrogen) atoms. The Hall–Kier alpha value is -0.260. The topological polar surface area (TPSA) is 0 Å². The van der Waals surface area contributed by atoms with Gasteiger partial charge in [-0.15, -0.1) is 0 Å². The molecule has 1 saturated carbocycles. The molecule has 0 heteroatoms. The van der Waals surface area contributed by atoms with Crippen molar-refractivity contribution in [2.75, 3.05) is 0 Å². The van der Waals surface area contributed by atoms with Crippen molar-refractivity contribution in [2.45, 2.75) is 91.4 Å². The van der Waals surface area contributed by atoms with Crippen molar-refractivity contribution in [3.63, 3.8) is 0 Å². The number of fused-ring (bicyclic) bond motifs is 1. The molecule has 116 valence electrons. The van der Waals surface area contributed by atoms with Crippen LogP contribution < -0.4 is 0 Å². The molecule has 0 aliphatic heterocycles. The van der Waals surface area contributed by atoms with Gasteiger partial charge in [0.15, 0.2) is 0 Å². The van der Waals surface area contributed by atoms with Crippen LogP contribution in [0.15, 0.2) is 12.2 Å². The minimum absolute atomic E-state index is 0.669. The van der Waals surface area contributed by atoms with Crippen LogP contribution in [0.2, 0.25) is 0 Å². The second-order valence-electron chi connectivity index (χ2n) is 7.64. The van der Waals surface area contributed by atoms with E-state index in [4.69, 9.17) is 0 Å². The average molecular weight is 277 g/mol. The lowest BCUT2D eigenvalue weighted by molar-refractivity contribution is 0.281. The van der Waals surface area contributed by atoms with E-state index in [1.54, 1.807) is 0 Å². The maximum absolute atomic E-state index is 2.60. The Morgan fingerprint density at radius 3 is 2.30 bits per heavy atom. The Morgan fingerprint density at radius 2 is 1.55 bits per heavy atom. The second-order valence-corrected chi connectivity index (χ2v) is 7.64. The summed E-state index contributed by atoms with van der Waals surface area (Å²) in [6.45, 7) is 7.54. The zero-order valence-corrected chi connectivity index (χ0v) is 14.2. The Bertz CT molecular complexity index is 303. The van der Waals surface area contributed by atoms with E-state index >= 15 is 0 Å². The molecule has 0 amide bonds. The molecule has 0 aromatic rings. The molecule has 2 rings (SSSR count). The Balaban J connectivity index is 1.92. The summed E-state index contributed by atoms with van der Waals surface area (Å²) in [4.78, 5) is 0. The fourth-order valence-corrected chi connectivity index (χ4v) is 4.93. The number of hydrogen-bond donors (Lipinski definition) is 0. The van der Waals surface area contributed by atoms with Gasteiger partial charge in [-0.2, -0.15) is 0 Å². The maximum atomic E-state index is 2.60. The quantitative estimate of drug-likeness (QED) is 0.464. The lowest BCUT2D eigenvalue weighted by Crippen LogP contribution is -2.13. The molecule has 0 saturated heterocycles. The second kappa shape index (κ2) is 7.66. The van der Waals surface area contributed by atoms with Gasteiger partial charge in [0.1, 0.15) is 0 Å². The van der Waals surface area contributed by atoms with Gasteiger partial charge in [-0.25, -0.2) is 0 Å². The van der Waals surface area contributed by atoms with Gasteiger partial charge in [-0.1, -0.05) is 77.9 Å². The normalized spacial score (nSPS) is 40.5. The highest BCUT2D eigenvalue weighted by molar-refractivity contribution is 5.09. The molecule has 0 heterocycles. The Kier molecular flexibility index (Phi) is 6.18. The van der Waals surface area contributed by atoms with E-state index < -0.39 is 0 Å². The van der Waals surface area contributed by atoms with E-state index in [2.05, 4.69) is 32.9 Å². The summed E-state index contributed by atoms with van der Waals surface area (Å²) in [7, 11) is 0. The fraction of sp³-hybridized carbons (Fsp3) is 0.900. The van der Waals surface area contributed by atoms with Gasteiger partial charge in [0.2, 0.25) is 0 Å². The molecule has 2 aliphatic carbocycles. The molecule has 0 nitrogen and oxygen atoms in total. The van der Waals surface area contributed by atoms with E-state index in [0.29, 0.717) is 5.41 Å². The summed E-state index contributed by atoms with van der Waals surface area (Å²) in [5.74, 6) is 2.96. The van der Waals surface area contributed by atoms with E-state index in [9.17, 15) is 0 Å². The monoisotopic (exact) mass is 276 g/mol. The zero-order chi connectivity index (χ0) is 14.4. The van der Waals surface area contributed by atoms with Crippen LogP contribution in [-0.4, -0.2) is 0 Å². The molecule has 0 aromatic carbocycles. The number of allylic oxidation sites excluding steroid dienone is 2. The highest BCUT2D eigenvalue weighted by atomic mass is 14.6. The van der Waals surface area contributed by atoms with Crippen molar-refractivity contribution in [1.82, 2.24) is 0 Å². The van der Waals surface area contributed by atoms with Crippen molar-refractivity contribution >= 4 is 0 Å². The predicted octanol–water partition coefficient (Wildman–Crippen LogP) is 6.76. The maximum Gasteiger partial charge on any atom is -0.0238 e. The van der Waals surface area contributed by atoms with E-state index in [1.807, 2.05) is 0 Å². The molecule has 0 spiro atoms. The highest BCUT2D eigenvalue weighted by Crippen LogP contribution is 2.67. The first-order valence-corrected chi connectivity index (χ1v) is 9.36. The van der Waals surface area contributed by atoms with Crippen LogP contribution in [0.1, 0.15) is 91.4 Å². The van der Waals surface area contributed by atoms with Crippen LogP contribution in [-0.2, 0) is 0 Å². The molecular weight excluding hydrogens is 240 g/mol. The standard InChI is InChI=1S/C20H36/c1-4-18-19-16-14-12-10-8-6-5-7-9-11-13-15-17(2)20(18,19)3/h10,12,17-19H,4-9,11,13-16H2,1-3H3. The molecule has 4 unspecified atom stereocenters. The van der Waals surface area contributed by atoms with Gasteiger partial charge in [-0.3, -0.25) is 0 Å². The van der Waals surface area contributed by atoms with E-state index in [0.717, 1.165) is 17.8 Å². The predicted molar refractivity (Wildman–Crippen MR) is 89.9 cm³/mol. The van der Waals surface area contributed by atoms with Gasteiger partial charge < -0.3 is 0 Å². The summed E-state index contributed by atoms with van der Waals surface area (Å²) in [5.41, 5.74) is 0.669. The van der Waals surface area contributed by atoms with Crippen LogP contribution in [0.5, 0.6) is 0 Å². The van der Waals surface area contributed by atoms with E-state index in [1.165, 1.54) is 70.6 Å². The van der Waals surface area contributed by atoms with Crippen LogP contribution in [0.25, 0.3) is 0 Å². The lowest BCUT2D eigenvalue weighted by atomic mass is 9.83. The Labute approximate surface area is 127 Å². The van der Waals surface area contributed by atoms with Gasteiger partial charge in [0, 0.05) is 0 Å². The summed E-state index contributed by atoms with van der Waals surface area (Å²) >= 11 is 0. The van der Waals surface area contributed by atoms with Crippen molar-refractivity contribution in [3.05, 3.63) is 12.2 Å². The summed E-state index contributed by atoms with van der Waals surface area (Å²) in [6, 6.07) is 0. The summed E-state index contributed by atoms with van der Waals surface area (Å²) < 4.78 is 0. The van der Waals surface area contributed by atoms with Crippen LogP contribution in [0.3, 0.4) is 0 Å². The first kappa shape index (κ1) is 16.1. The van der Waals surface area contributed by atoms with Gasteiger partial charge in [0.05, 0.1) is 0 Å². The van der Waals surface area contributed by atoms with Crippen molar-refractivity contribution < 1.29 is 0 Å². The first-order valence-electron chi connectivity index (χ1n) is 9.36. The van der Waals surface area contributed by atoms with Crippen molar-refractivity contribution in [3.8, 4) is 0 Å². The largest absolute Gasteiger partial charge is 0.0885 e. The number of hydrogen-bond acceptors (Lipinski definition) is 0. The Morgan fingerprint density at radius 1 is 0.900 bits per heavy atom. The van der Waals surface area contributed by atoms with Crippen LogP contribution in [0, 0.1) is 23.2 Å². The third-order valence-corrected chi connectivity index (χ3v) is 6.55. The fourth-order valence-electron chi connectivity index (χ4n) is 4.93. The minimum atomic E-state index is 0.669. The molecule has 1 fully saturated rings. The molecule has 0 radical (unpaired) electrons. The molecule has 0 aromatic heterocycles. The van der Waals surface area contributed by atoms with Crippen molar-refractivity contribution in [2.24, 2.45) is 23.2 Å². The number of rotatable bonds is 1.